The smallest absolute Gasteiger partial charge is 0.131 e. The van der Waals surface area contributed by atoms with Gasteiger partial charge in [0.2, 0.25) is 0 Å². The molecule has 3 heteroatoms. The van der Waals surface area contributed by atoms with Crippen LogP contribution in [-0.4, -0.2) is 19.4 Å². The molecule has 0 amide bonds. The Bertz CT molecular complexity index is 243. The van der Waals surface area contributed by atoms with Gasteiger partial charge in [-0.3, -0.25) is 4.79 Å². The highest BCUT2D eigenvalue weighted by atomic mass is 32.1. The van der Waals surface area contributed by atoms with E-state index in [1.807, 2.05) is 18.5 Å². The van der Waals surface area contributed by atoms with Gasteiger partial charge >= 0.3 is 0 Å². The van der Waals surface area contributed by atoms with E-state index in [2.05, 4.69) is 11.0 Å². The van der Waals surface area contributed by atoms with Gasteiger partial charge in [-0.2, -0.15) is 0 Å². The summed E-state index contributed by atoms with van der Waals surface area (Å²) in [5, 5.41) is 3.26. The summed E-state index contributed by atoms with van der Waals surface area (Å²) in [5.74, 6) is 0.249. The Labute approximate surface area is 76.8 Å². The van der Waals surface area contributed by atoms with E-state index in [1.165, 1.54) is 5.00 Å². The number of carbonyl (C=O) groups excluding carboxylic acids is 1. The van der Waals surface area contributed by atoms with Gasteiger partial charge in [0, 0.05) is 20.0 Å². The molecule has 0 saturated carbocycles. The Morgan fingerprint density at radius 3 is 2.92 bits per heavy atom. The topological polar surface area (TPSA) is 20.3 Å². The quantitative estimate of drug-likeness (QED) is 0.713. The molecule has 12 heavy (non-hydrogen) atoms. The van der Waals surface area contributed by atoms with Gasteiger partial charge in [-0.1, -0.05) is 0 Å². The molecule has 1 heterocycles. The summed E-state index contributed by atoms with van der Waals surface area (Å²) in [4.78, 5) is 12.8. The van der Waals surface area contributed by atoms with Crippen molar-refractivity contribution in [2.45, 2.75) is 13.3 Å². The van der Waals surface area contributed by atoms with Crippen LogP contribution in [0, 0.1) is 0 Å². The van der Waals surface area contributed by atoms with E-state index in [4.69, 9.17) is 0 Å². The molecule has 0 bridgehead atoms. The minimum Gasteiger partial charge on any atom is -0.366 e. The lowest BCUT2D eigenvalue weighted by molar-refractivity contribution is -0.116. The summed E-state index contributed by atoms with van der Waals surface area (Å²) in [6.45, 7) is 2.44. The molecule has 0 spiro atoms. The number of anilines is 1. The van der Waals surface area contributed by atoms with Gasteiger partial charge in [-0.05, 0) is 24.4 Å². The second-order valence-corrected chi connectivity index (χ2v) is 3.75. The summed E-state index contributed by atoms with van der Waals surface area (Å²) in [6.07, 6.45) is 0.633. The third-order valence-electron chi connectivity index (χ3n) is 1.68. The molecule has 0 radical (unpaired) electrons. The summed E-state index contributed by atoms with van der Waals surface area (Å²) in [6, 6.07) is 4.08. The number of Topliss-reactive ketones (excluding diaryl/α,β-unsaturated/α-hetero) is 1. The zero-order valence-corrected chi connectivity index (χ0v) is 8.23. The maximum atomic E-state index is 10.7. The standard InChI is InChI=1S/C9H13NOS/c1-8(11)5-6-10(2)9-4-3-7-12-9/h3-4,7H,5-6H2,1-2H3. The zero-order chi connectivity index (χ0) is 8.97. The molecule has 1 rings (SSSR count). The van der Waals surface area contributed by atoms with Crippen LogP contribution in [0.3, 0.4) is 0 Å². The van der Waals surface area contributed by atoms with E-state index >= 15 is 0 Å². The van der Waals surface area contributed by atoms with Crippen LogP contribution in [0.15, 0.2) is 17.5 Å². The van der Waals surface area contributed by atoms with Gasteiger partial charge in [0.05, 0.1) is 5.00 Å². The largest absolute Gasteiger partial charge is 0.366 e. The SMILES string of the molecule is CC(=O)CCN(C)c1cccs1. The molecule has 0 fully saturated rings. The lowest BCUT2D eigenvalue weighted by atomic mass is 10.3. The second-order valence-electron chi connectivity index (χ2n) is 2.82. The lowest BCUT2D eigenvalue weighted by Crippen LogP contribution is -2.19. The first kappa shape index (κ1) is 9.26. The van der Waals surface area contributed by atoms with Crippen molar-refractivity contribution in [2.75, 3.05) is 18.5 Å². The normalized spacial score (nSPS) is 9.83. The van der Waals surface area contributed by atoms with E-state index in [0.717, 1.165) is 6.54 Å². The average Bonchev–Trinajstić information content (AvgIpc) is 2.51. The lowest BCUT2D eigenvalue weighted by Gasteiger charge is -2.15. The molecule has 0 aromatic carbocycles. The molecule has 1 aromatic rings. The maximum Gasteiger partial charge on any atom is 0.131 e. The van der Waals surface area contributed by atoms with Crippen molar-refractivity contribution in [3.63, 3.8) is 0 Å². The molecule has 0 atom stereocenters. The molecule has 66 valence electrons. The number of ketones is 1. The maximum absolute atomic E-state index is 10.7. The van der Waals surface area contributed by atoms with E-state index in [0.29, 0.717) is 6.42 Å². The molecular formula is C9H13NOS. The van der Waals surface area contributed by atoms with Crippen molar-refractivity contribution < 1.29 is 4.79 Å². The van der Waals surface area contributed by atoms with Crippen LogP contribution in [0.5, 0.6) is 0 Å². The molecule has 0 saturated heterocycles. The van der Waals surface area contributed by atoms with E-state index < -0.39 is 0 Å². The van der Waals surface area contributed by atoms with E-state index in [1.54, 1.807) is 18.3 Å². The molecule has 0 aliphatic rings. The minimum atomic E-state index is 0.249. The summed E-state index contributed by atoms with van der Waals surface area (Å²) in [5.41, 5.74) is 0. The number of hydrogen-bond acceptors (Lipinski definition) is 3. The van der Waals surface area contributed by atoms with Gasteiger partial charge in [-0.15, -0.1) is 11.3 Å². The van der Waals surface area contributed by atoms with Gasteiger partial charge in [0.25, 0.3) is 0 Å². The Balaban J connectivity index is 2.39. The fourth-order valence-corrected chi connectivity index (χ4v) is 1.65. The molecule has 0 aliphatic carbocycles. The van der Waals surface area contributed by atoms with Gasteiger partial charge in [0.1, 0.15) is 5.78 Å². The fraction of sp³-hybridized carbons (Fsp3) is 0.444. The number of nitrogens with zero attached hydrogens (tertiary/aromatic N) is 1. The summed E-state index contributed by atoms with van der Waals surface area (Å²) >= 11 is 1.70. The molecule has 0 unspecified atom stereocenters. The van der Waals surface area contributed by atoms with Crippen molar-refractivity contribution in [1.82, 2.24) is 0 Å². The molecule has 1 aromatic heterocycles. The Morgan fingerprint density at radius 1 is 1.67 bits per heavy atom. The Morgan fingerprint density at radius 2 is 2.42 bits per heavy atom. The number of carbonyl (C=O) groups is 1. The third-order valence-corrected chi connectivity index (χ3v) is 2.66. The van der Waals surface area contributed by atoms with Crippen LogP contribution in [0.4, 0.5) is 5.00 Å². The van der Waals surface area contributed by atoms with Crippen molar-refractivity contribution in [3.05, 3.63) is 17.5 Å². The first-order valence-electron chi connectivity index (χ1n) is 3.94. The number of rotatable bonds is 4. The molecule has 0 N–H and O–H groups in total. The van der Waals surface area contributed by atoms with Crippen molar-refractivity contribution >= 4 is 22.1 Å². The van der Waals surface area contributed by atoms with Crippen LogP contribution in [0.25, 0.3) is 0 Å². The first-order valence-corrected chi connectivity index (χ1v) is 4.82. The van der Waals surface area contributed by atoms with E-state index in [9.17, 15) is 4.79 Å². The Kier molecular flexibility index (Phi) is 3.29. The summed E-state index contributed by atoms with van der Waals surface area (Å²) < 4.78 is 0. The second kappa shape index (κ2) is 4.26. The third kappa shape index (κ3) is 2.66. The number of thiophene rings is 1. The van der Waals surface area contributed by atoms with Crippen LogP contribution in [0.1, 0.15) is 13.3 Å². The minimum absolute atomic E-state index is 0.249. The van der Waals surface area contributed by atoms with Crippen LogP contribution >= 0.6 is 11.3 Å². The van der Waals surface area contributed by atoms with Crippen LogP contribution in [0.2, 0.25) is 0 Å². The van der Waals surface area contributed by atoms with Crippen molar-refractivity contribution in [2.24, 2.45) is 0 Å². The van der Waals surface area contributed by atoms with Gasteiger partial charge in [0.15, 0.2) is 0 Å². The fourth-order valence-electron chi connectivity index (χ4n) is 0.922. The van der Waals surface area contributed by atoms with Gasteiger partial charge < -0.3 is 4.90 Å². The first-order chi connectivity index (χ1) is 5.70. The zero-order valence-electron chi connectivity index (χ0n) is 7.41. The summed E-state index contributed by atoms with van der Waals surface area (Å²) in [7, 11) is 2.01. The Hall–Kier alpha value is -0.830. The van der Waals surface area contributed by atoms with Gasteiger partial charge in [-0.25, -0.2) is 0 Å². The highest BCUT2D eigenvalue weighted by molar-refractivity contribution is 7.14. The predicted molar refractivity (Wildman–Crippen MR) is 52.9 cm³/mol. The van der Waals surface area contributed by atoms with Crippen molar-refractivity contribution in [1.29, 1.82) is 0 Å². The molecule has 0 aliphatic heterocycles. The molecule has 2 nitrogen and oxygen atoms in total. The predicted octanol–water partition coefficient (Wildman–Crippen LogP) is 2.16. The monoisotopic (exact) mass is 183 g/mol. The number of hydrogen-bond donors (Lipinski definition) is 0. The van der Waals surface area contributed by atoms with E-state index in [-0.39, 0.29) is 5.78 Å². The van der Waals surface area contributed by atoms with Crippen LogP contribution < -0.4 is 4.90 Å². The van der Waals surface area contributed by atoms with Crippen molar-refractivity contribution in [3.8, 4) is 0 Å². The molecular weight excluding hydrogens is 170 g/mol. The highest BCUT2D eigenvalue weighted by Gasteiger charge is 2.01. The van der Waals surface area contributed by atoms with Crippen LogP contribution in [-0.2, 0) is 4.79 Å². The highest BCUT2D eigenvalue weighted by Crippen LogP contribution is 2.19. The average molecular weight is 183 g/mol.